The standard InChI is InChI=1S/2C24H27NO6/c1-17-21(26)25(14-18-10-12-20(29-3)13-11-18)24(22(27)30-4,23(17,2)28)16-31-15-19-8-6-5-7-9-19;1-5-22(27)25(15-19-11-13-21(29-3)14-12-19)24(18(2)26,23(28)30-4)17-31-16-20-9-7-6-8-10-20/h5-13,28H,1,14-16H2,2-4H3;5-14H,1,15-17H2,2-4H3/t23-,24+;24-/m01/s1. The molecule has 4 aromatic rings. The summed E-state index contributed by atoms with van der Waals surface area (Å²) in [5.41, 5.74) is -2.53. The van der Waals surface area contributed by atoms with E-state index in [1.165, 1.54) is 33.0 Å². The van der Waals surface area contributed by atoms with Gasteiger partial charge >= 0.3 is 11.9 Å². The number of amides is 2. The first kappa shape index (κ1) is 48.1. The molecule has 1 heterocycles. The van der Waals surface area contributed by atoms with Gasteiger partial charge in [0.05, 0.1) is 54.9 Å². The van der Waals surface area contributed by atoms with E-state index >= 15 is 0 Å². The third-order valence-corrected chi connectivity index (χ3v) is 10.7. The van der Waals surface area contributed by atoms with Crippen LogP contribution in [0.3, 0.4) is 0 Å². The summed E-state index contributed by atoms with van der Waals surface area (Å²) < 4.78 is 31.9. The number of benzene rings is 4. The van der Waals surface area contributed by atoms with Crippen molar-refractivity contribution in [2.24, 2.45) is 0 Å². The molecule has 1 N–H and O–H groups in total. The lowest BCUT2D eigenvalue weighted by atomic mass is 9.80. The number of likely N-dealkylation sites (tertiary alicyclic amines) is 1. The van der Waals surface area contributed by atoms with Gasteiger partial charge in [-0.25, -0.2) is 9.59 Å². The Bertz CT molecular complexity index is 2180. The van der Waals surface area contributed by atoms with Gasteiger partial charge in [-0.05, 0) is 66.4 Å². The fraction of sp³-hybridized carbons (Fsp3) is 0.312. The highest BCUT2D eigenvalue weighted by atomic mass is 16.5. The number of hydrogen-bond donors (Lipinski definition) is 1. The third kappa shape index (κ3) is 10.5. The molecule has 0 spiro atoms. The second-order valence-electron chi connectivity index (χ2n) is 14.5. The molecule has 3 atom stereocenters. The van der Waals surface area contributed by atoms with Crippen LogP contribution in [0.2, 0.25) is 0 Å². The number of methoxy groups -OCH3 is 4. The molecule has 0 unspecified atom stereocenters. The third-order valence-electron chi connectivity index (χ3n) is 10.7. The lowest BCUT2D eigenvalue weighted by molar-refractivity contribution is -0.176. The van der Waals surface area contributed by atoms with E-state index in [-0.39, 0.29) is 45.1 Å². The summed E-state index contributed by atoms with van der Waals surface area (Å²) in [6.45, 7) is 9.68. The van der Waals surface area contributed by atoms with Crippen molar-refractivity contribution in [3.05, 3.63) is 156 Å². The number of carbonyl (C=O) groups is 5. The molecule has 1 saturated heterocycles. The molecule has 1 fully saturated rings. The SMILES string of the molecule is C=C1C(=O)N(Cc2ccc(OC)cc2)[C@](COCc2ccccc2)(C(=O)OC)[C@@]1(C)O.C=CC(=O)N(Cc1ccc(OC)cc1)[C@](COCc1ccccc1)(C(C)=O)C(=O)OC. The number of Topliss-reactive ketones (excluding diaryl/α,β-unsaturated/α-hetero) is 1. The monoisotopic (exact) mass is 850 g/mol. The van der Waals surface area contributed by atoms with Crippen LogP contribution >= 0.6 is 0 Å². The van der Waals surface area contributed by atoms with Gasteiger partial charge in [0.25, 0.3) is 5.91 Å². The van der Waals surface area contributed by atoms with Crippen molar-refractivity contribution in [3.8, 4) is 11.5 Å². The van der Waals surface area contributed by atoms with Gasteiger partial charge in [-0.3, -0.25) is 14.4 Å². The summed E-state index contributed by atoms with van der Waals surface area (Å²) in [6.07, 6.45) is 1.06. The second kappa shape index (κ2) is 21.8. The largest absolute Gasteiger partial charge is 0.497 e. The number of aliphatic hydroxyl groups is 1. The van der Waals surface area contributed by atoms with Crippen LogP contribution in [-0.2, 0) is 69.2 Å². The van der Waals surface area contributed by atoms with Gasteiger partial charge < -0.3 is 43.3 Å². The highest BCUT2D eigenvalue weighted by Crippen LogP contribution is 2.44. The predicted molar refractivity (Wildman–Crippen MR) is 229 cm³/mol. The summed E-state index contributed by atoms with van der Waals surface area (Å²) in [6, 6.07) is 32.8. The van der Waals surface area contributed by atoms with E-state index in [2.05, 4.69) is 13.2 Å². The highest BCUT2D eigenvalue weighted by Gasteiger charge is 2.68. The van der Waals surface area contributed by atoms with Gasteiger partial charge in [0.1, 0.15) is 17.1 Å². The van der Waals surface area contributed by atoms with E-state index in [9.17, 15) is 29.1 Å². The molecule has 328 valence electrons. The number of hydrogen-bond acceptors (Lipinski definition) is 12. The zero-order chi connectivity index (χ0) is 45.5. The fourth-order valence-corrected chi connectivity index (χ4v) is 6.99. The highest BCUT2D eigenvalue weighted by molar-refractivity contribution is 6.11. The molecule has 14 nitrogen and oxygen atoms in total. The Morgan fingerprint density at radius 2 is 1.24 bits per heavy atom. The number of rotatable bonds is 19. The number of esters is 2. The molecule has 0 aliphatic carbocycles. The molecule has 2 amide bonds. The first-order valence-corrected chi connectivity index (χ1v) is 19.5. The smallest absolute Gasteiger partial charge is 0.342 e. The maximum Gasteiger partial charge on any atom is 0.342 e. The van der Waals surface area contributed by atoms with Crippen molar-refractivity contribution in [2.75, 3.05) is 41.7 Å². The van der Waals surface area contributed by atoms with Crippen molar-refractivity contribution in [3.63, 3.8) is 0 Å². The molecular weight excluding hydrogens is 797 g/mol. The molecule has 5 rings (SSSR count). The van der Waals surface area contributed by atoms with E-state index < -0.39 is 46.2 Å². The molecule has 0 bridgehead atoms. The Hall–Kier alpha value is -6.61. The molecule has 14 heteroatoms. The topological polar surface area (TPSA) is 167 Å². The van der Waals surface area contributed by atoms with Gasteiger partial charge in [0, 0.05) is 18.7 Å². The zero-order valence-corrected chi connectivity index (χ0v) is 36.0. The minimum atomic E-state index is -1.96. The summed E-state index contributed by atoms with van der Waals surface area (Å²) in [5, 5.41) is 11.3. The molecular formula is C48H54N2O12. The van der Waals surface area contributed by atoms with Crippen LogP contribution in [0.1, 0.15) is 36.1 Å². The average molecular weight is 851 g/mol. The first-order valence-electron chi connectivity index (χ1n) is 19.5. The van der Waals surface area contributed by atoms with E-state index in [1.54, 1.807) is 62.8 Å². The van der Waals surface area contributed by atoms with Gasteiger partial charge in [0.15, 0.2) is 11.3 Å². The zero-order valence-electron chi connectivity index (χ0n) is 36.0. The average Bonchev–Trinajstić information content (AvgIpc) is 3.43. The lowest BCUT2D eigenvalue weighted by Crippen LogP contribution is -2.65. The molecule has 4 aromatic carbocycles. The minimum Gasteiger partial charge on any atom is -0.497 e. The maximum absolute atomic E-state index is 13.1. The Morgan fingerprint density at radius 1 is 0.742 bits per heavy atom. The Morgan fingerprint density at radius 3 is 1.69 bits per heavy atom. The van der Waals surface area contributed by atoms with Crippen LogP contribution in [-0.4, -0.2) is 103 Å². The van der Waals surface area contributed by atoms with Gasteiger partial charge in [-0.2, -0.15) is 0 Å². The minimum absolute atomic E-state index is 0.0295. The van der Waals surface area contributed by atoms with Gasteiger partial charge in [0.2, 0.25) is 11.4 Å². The normalized spacial score (nSPS) is 17.8. The molecule has 62 heavy (non-hydrogen) atoms. The van der Waals surface area contributed by atoms with Crippen LogP contribution in [0.4, 0.5) is 0 Å². The van der Waals surface area contributed by atoms with Crippen LogP contribution < -0.4 is 9.47 Å². The number of nitrogens with zero attached hydrogens (tertiary/aromatic N) is 2. The quantitative estimate of drug-likeness (QED) is 0.0726. The van der Waals surface area contributed by atoms with Crippen molar-refractivity contribution in [1.29, 1.82) is 0 Å². The number of carbonyl (C=O) groups excluding carboxylic acids is 5. The molecule has 0 radical (unpaired) electrons. The second-order valence-corrected chi connectivity index (χ2v) is 14.5. The van der Waals surface area contributed by atoms with Gasteiger partial charge in [-0.15, -0.1) is 0 Å². The molecule has 1 aliphatic heterocycles. The van der Waals surface area contributed by atoms with Crippen molar-refractivity contribution < 1.29 is 57.5 Å². The van der Waals surface area contributed by atoms with Crippen LogP contribution in [0.15, 0.2) is 134 Å². The molecule has 0 aromatic heterocycles. The van der Waals surface area contributed by atoms with E-state index in [0.29, 0.717) is 17.1 Å². The summed E-state index contributed by atoms with van der Waals surface area (Å²) >= 11 is 0. The van der Waals surface area contributed by atoms with Crippen LogP contribution in [0.5, 0.6) is 11.5 Å². The molecule has 0 saturated carbocycles. The Balaban J connectivity index is 0.000000273. The van der Waals surface area contributed by atoms with Crippen LogP contribution in [0, 0.1) is 0 Å². The number of ketones is 1. The lowest BCUT2D eigenvalue weighted by Gasteiger charge is -2.41. The van der Waals surface area contributed by atoms with Crippen LogP contribution in [0.25, 0.3) is 0 Å². The number of ether oxygens (including phenoxy) is 6. The van der Waals surface area contributed by atoms with E-state index in [0.717, 1.165) is 27.7 Å². The van der Waals surface area contributed by atoms with Crippen molar-refractivity contribution >= 4 is 29.5 Å². The van der Waals surface area contributed by atoms with Gasteiger partial charge in [-0.1, -0.05) is 98.1 Å². The van der Waals surface area contributed by atoms with E-state index in [1.807, 2.05) is 60.7 Å². The summed E-state index contributed by atoms with van der Waals surface area (Å²) in [4.78, 5) is 67.1. The maximum atomic E-state index is 13.1. The summed E-state index contributed by atoms with van der Waals surface area (Å²) in [7, 11) is 5.49. The van der Waals surface area contributed by atoms with Crippen molar-refractivity contribution in [1.82, 2.24) is 9.80 Å². The van der Waals surface area contributed by atoms with E-state index in [4.69, 9.17) is 28.4 Å². The fourth-order valence-electron chi connectivity index (χ4n) is 6.99. The molecule has 1 aliphatic rings. The Kier molecular flexibility index (Phi) is 16.9. The Labute approximate surface area is 362 Å². The first-order chi connectivity index (χ1) is 29.7. The summed E-state index contributed by atoms with van der Waals surface area (Å²) in [5.74, 6) is -2.05. The van der Waals surface area contributed by atoms with Crippen molar-refractivity contribution in [2.45, 2.75) is 56.8 Å². The predicted octanol–water partition coefficient (Wildman–Crippen LogP) is 5.40.